The summed E-state index contributed by atoms with van der Waals surface area (Å²) in [6, 6.07) is 12.3. The van der Waals surface area contributed by atoms with Crippen molar-refractivity contribution in [3.8, 4) is 0 Å². The zero-order valence-corrected chi connectivity index (χ0v) is 14.0. The minimum Gasteiger partial charge on any atom is -0.398 e. The van der Waals surface area contributed by atoms with E-state index in [0.29, 0.717) is 11.3 Å². The minimum absolute atomic E-state index is 0.133. The first kappa shape index (κ1) is 16.5. The van der Waals surface area contributed by atoms with Gasteiger partial charge in [-0.2, -0.15) is 0 Å². The molecule has 1 aliphatic rings. The van der Waals surface area contributed by atoms with Crippen LogP contribution in [0.15, 0.2) is 42.6 Å². The number of piperidine rings is 1. The highest BCUT2D eigenvalue weighted by Gasteiger charge is 2.22. The number of aryl methyl sites for hydroxylation is 1. The van der Waals surface area contributed by atoms with Gasteiger partial charge in [0.05, 0.1) is 5.56 Å². The Kier molecular flexibility index (Phi) is 5.11. The van der Waals surface area contributed by atoms with Gasteiger partial charge in [0.2, 0.25) is 0 Å². The highest BCUT2D eigenvalue weighted by Crippen LogP contribution is 2.16. The van der Waals surface area contributed by atoms with Crippen LogP contribution >= 0.6 is 0 Å². The lowest BCUT2D eigenvalue weighted by atomic mass is 10.0. The standard InChI is InChI=1S/C19H24N4O/c1-14-10-18(20)17(11-21-14)19(24)22-16-8-5-9-23(13-16)12-15-6-3-2-4-7-15/h2-4,6-7,10-11,16H,5,8-9,12-13H2,1H3,(H2,20,21)(H,22,24). The van der Waals surface area contributed by atoms with Crippen molar-refractivity contribution in [2.75, 3.05) is 18.8 Å². The van der Waals surface area contributed by atoms with Crippen LogP contribution in [0.4, 0.5) is 5.69 Å². The molecule has 2 aromatic rings. The number of benzene rings is 1. The molecule has 1 aromatic carbocycles. The summed E-state index contributed by atoms with van der Waals surface area (Å²) in [5, 5.41) is 3.11. The van der Waals surface area contributed by atoms with E-state index in [9.17, 15) is 4.79 Å². The summed E-state index contributed by atoms with van der Waals surface area (Å²) in [5.41, 5.74) is 9.01. The number of aromatic nitrogens is 1. The van der Waals surface area contributed by atoms with Crippen molar-refractivity contribution in [1.29, 1.82) is 0 Å². The van der Waals surface area contributed by atoms with Crippen molar-refractivity contribution in [2.45, 2.75) is 32.4 Å². The SMILES string of the molecule is Cc1cc(N)c(C(=O)NC2CCCN(Cc3ccccc3)C2)cn1. The third kappa shape index (κ3) is 4.11. The number of likely N-dealkylation sites (tertiary alicyclic amines) is 1. The monoisotopic (exact) mass is 324 g/mol. The zero-order chi connectivity index (χ0) is 16.9. The molecular formula is C19H24N4O. The van der Waals surface area contributed by atoms with Crippen molar-refractivity contribution in [2.24, 2.45) is 0 Å². The van der Waals surface area contributed by atoms with Crippen LogP contribution in [-0.2, 0) is 6.54 Å². The summed E-state index contributed by atoms with van der Waals surface area (Å²) in [6.45, 7) is 4.71. The highest BCUT2D eigenvalue weighted by atomic mass is 16.1. The van der Waals surface area contributed by atoms with E-state index in [2.05, 4.69) is 39.5 Å². The number of carbonyl (C=O) groups is 1. The van der Waals surface area contributed by atoms with Crippen molar-refractivity contribution >= 4 is 11.6 Å². The lowest BCUT2D eigenvalue weighted by Crippen LogP contribution is -2.47. The molecule has 1 amide bonds. The number of anilines is 1. The van der Waals surface area contributed by atoms with Gasteiger partial charge in [-0.3, -0.25) is 14.7 Å². The maximum atomic E-state index is 12.5. The number of rotatable bonds is 4. The van der Waals surface area contributed by atoms with Gasteiger partial charge in [0.25, 0.3) is 5.91 Å². The number of amides is 1. The quantitative estimate of drug-likeness (QED) is 0.906. The number of nitrogens with two attached hydrogens (primary N) is 1. The zero-order valence-electron chi connectivity index (χ0n) is 14.0. The first-order valence-corrected chi connectivity index (χ1v) is 8.41. The van der Waals surface area contributed by atoms with Gasteiger partial charge in [0, 0.05) is 36.7 Å². The fourth-order valence-electron chi connectivity index (χ4n) is 3.19. The molecule has 0 spiro atoms. The van der Waals surface area contributed by atoms with Gasteiger partial charge < -0.3 is 11.1 Å². The van der Waals surface area contributed by atoms with E-state index in [4.69, 9.17) is 5.73 Å². The lowest BCUT2D eigenvalue weighted by molar-refractivity contribution is 0.0901. The average molecular weight is 324 g/mol. The molecule has 0 aliphatic carbocycles. The fourth-order valence-corrected chi connectivity index (χ4v) is 3.19. The molecule has 1 unspecified atom stereocenters. The topological polar surface area (TPSA) is 71.2 Å². The van der Waals surface area contributed by atoms with Crippen LogP contribution in [0.1, 0.15) is 34.5 Å². The lowest BCUT2D eigenvalue weighted by Gasteiger charge is -2.33. The summed E-state index contributed by atoms with van der Waals surface area (Å²) in [6.07, 6.45) is 3.64. The second-order valence-corrected chi connectivity index (χ2v) is 6.45. The number of nitrogen functional groups attached to an aromatic ring is 1. The predicted octanol–water partition coefficient (Wildman–Crippen LogP) is 2.37. The van der Waals surface area contributed by atoms with E-state index in [-0.39, 0.29) is 11.9 Å². The number of hydrogen-bond donors (Lipinski definition) is 2. The van der Waals surface area contributed by atoms with Gasteiger partial charge in [-0.05, 0) is 37.9 Å². The summed E-state index contributed by atoms with van der Waals surface area (Å²) >= 11 is 0. The van der Waals surface area contributed by atoms with E-state index in [1.165, 1.54) is 5.56 Å². The van der Waals surface area contributed by atoms with Gasteiger partial charge >= 0.3 is 0 Å². The molecular weight excluding hydrogens is 300 g/mol. The van der Waals surface area contributed by atoms with Crippen molar-refractivity contribution < 1.29 is 4.79 Å². The Morgan fingerprint density at radius 1 is 1.38 bits per heavy atom. The molecule has 3 N–H and O–H groups in total. The van der Waals surface area contributed by atoms with Crippen molar-refractivity contribution in [1.82, 2.24) is 15.2 Å². The number of pyridine rings is 1. The maximum Gasteiger partial charge on any atom is 0.255 e. The van der Waals surface area contributed by atoms with E-state index in [0.717, 1.165) is 38.2 Å². The first-order valence-electron chi connectivity index (χ1n) is 8.41. The van der Waals surface area contributed by atoms with E-state index >= 15 is 0 Å². The summed E-state index contributed by atoms with van der Waals surface area (Å²) < 4.78 is 0. The van der Waals surface area contributed by atoms with E-state index < -0.39 is 0 Å². The number of nitrogens with zero attached hydrogens (tertiary/aromatic N) is 2. The normalized spacial score (nSPS) is 18.3. The molecule has 0 saturated carbocycles. The molecule has 3 rings (SSSR count). The second kappa shape index (κ2) is 7.45. The fraction of sp³-hybridized carbons (Fsp3) is 0.368. The molecule has 24 heavy (non-hydrogen) atoms. The molecule has 1 aromatic heterocycles. The summed E-state index contributed by atoms with van der Waals surface area (Å²) in [4.78, 5) is 19.0. The Hall–Kier alpha value is -2.40. The molecule has 5 nitrogen and oxygen atoms in total. The van der Waals surface area contributed by atoms with Gasteiger partial charge in [0.15, 0.2) is 0 Å². The molecule has 0 bridgehead atoms. The predicted molar refractivity (Wildman–Crippen MR) is 95.6 cm³/mol. The minimum atomic E-state index is -0.133. The number of nitrogens with one attached hydrogen (secondary N) is 1. The van der Waals surface area contributed by atoms with Gasteiger partial charge in [0.1, 0.15) is 0 Å². The van der Waals surface area contributed by atoms with Crippen LogP contribution in [0.5, 0.6) is 0 Å². The molecule has 1 aliphatic heterocycles. The molecule has 0 radical (unpaired) electrons. The summed E-state index contributed by atoms with van der Waals surface area (Å²) in [7, 11) is 0. The van der Waals surface area contributed by atoms with Crippen LogP contribution in [0.3, 0.4) is 0 Å². The number of hydrogen-bond acceptors (Lipinski definition) is 4. The van der Waals surface area contributed by atoms with E-state index in [1.54, 1.807) is 12.3 Å². The van der Waals surface area contributed by atoms with Crippen LogP contribution < -0.4 is 11.1 Å². The third-order valence-corrected chi connectivity index (χ3v) is 4.41. The largest absolute Gasteiger partial charge is 0.398 e. The van der Waals surface area contributed by atoms with Crippen LogP contribution in [0.2, 0.25) is 0 Å². The van der Waals surface area contributed by atoms with Crippen LogP contribution in [0.25, 0.3) is 0 Å². The summed E-state index contributed by atoms with van der Waals surface area (Å²) in [5.74, 6) is -0.133. The average Bonchev–Trinajstić information content (AvgIpc) is 2.56. The van der Waals surface area contributed by atoms with Crippen LogP contribution in [0, 0.1) is 6.92 Å². The van der Waals surface area contributed by atoms with E-state index in [1.807, 2.05) is 13.0 Å². The van der Waals surface area contributed by atoms with Gasteiger partial charge in [-0.25, -0.2) is 0 Å². The highest BCUT2D eigenvalue weighted by molar-refractivity contribution is 5.99. The molecule has 126 valence electrons. The number of carbonyl (C=O) groups excluding carboxylic acids is 1. The molecule has 5 heteroatoms. The third-order valence-electron chi connectivity index (χ3n) is 4.41. The second-order valence-electron chi connectivity index (χ2n) is 6.45. The Balaban J connectivity index is 1.59. The Morgan fingerprint density at radius 3 is 2.92 bits per heavy atom. The van der Waals surface area contributed by atoms with Crippen LogP contribution in [-0.4, -0.2) is 34.9 Å². The molecule has 1 fully saturated rings. The molecule has 1 saturated heterocycles. The van der Waals surface area contributed by atoms with Gasteiger partial charge in [-0.15, -0.1) is 0 Å². The smallest absolute Gasteiger partial charge is 0.255 e. The van der Waals surface area contributed by atoms with Gasteiger partial charge in [-0.1, -0.05) is 30.3 Å². The van der Waals surface area contributed by atoms with Crippen molar-refractivity contribution in [3.63, 3.8) is 0 Å². The first-order chi connectivity index (χ1) is 11.6. The Bertz CT molecular complexity index is 702. The molecule has 1 atom stereocenters. The Morgan fingerprint density at radius 2 is 2.17 bits per heavy atom. The molecule has 2 heterocycles. The Labute approximate surface area is 142 Å². The maximum absolute atomic E-state index is 12.5. The van der Waals surface area contributed by atoms with Crippen molar-refractivity contribution in [3.05, 3.63) is 59.4 Å².